The van der Waals surface area contributed by atoms with Gasteiger partial charge in [-0.05, 0) is 36.7 Å². The van der Waals surface area contributed by atoms with Crippen LogP contribution in [0.2, 0.25) is 0 Å². The van der Waals surface area contributed by atoms with Gasteiger partial charge in [0.2, 0.25) is 0 Å². The maximum atomic E-state index is 3.34. The standard InChI is InChI=1S/C18H24N2/c1-4-19-13-16-9-11-18(12-10-16)20(3)14-17-7-5-15(2)6-8-17/h5-12,19H,4,13-14H2,1-3H3. The Kier molecular flexibility index (Phi) is 5.19. The third kappa shape index (κ3) is 4.10. The average Bonchev–Trinajstić information content (AvgIpc) is 2.48. The van der Waals surface area contributed by atoms with Crippen molar-refractivity contribution in [3.63, 3.8) is 0 Å². The molecule has 0 saturated heterocycles. The van der Waals surface area contributed by atoms with Crippen molar-refractivity contribution in [2.24, 2.45) is 0 Å². The van der Waals surface area contributed by atoms with Crippen molar-refractivity contribution in [1.82, 2.24) is 5.32 Å². The lowest BCUT2D eigenvalue weighted by Gasteiger charge is -2.20. The molecule has 0 aliphatic rings. The van der Waals surface area contributed by atoms with E-state index in [0.717, 1.165) is 19.6 Å². The van der Waals surface area contributed by atoms with Gasteiger partial charge < -0.3 is 10.2 Å². The molecule has 2 nitrogen and oxygen atoms in total. The highest BCUT2D eigenvalue weighted by Crippen LogP contribution is 2.16. The van der Waals surface area contributed by atoms with E-state index in [1.807, 2.05) is 0 Å². The van der Waals surface area contributed by atoms with Crippen molar-refractivity contribution in [1.29, 1.82) is 0 Å². The third-order valence-electron chi connectivity index (χ3n) is 3.50. The van der Waals surface area contributed by atoms with Crippen molar-refractivity contribution >= 4 is 5.69 Å². The van der Waals surface area contributed by atoms with Crippen LogP contribution in [0.4, 0.5) is 5.69 Å². The molecule has 2 aromatic carbocycles. The fourth-order valence-corrected chi connectivity index (χ4v) is 2.20. The molecule has 0 spiro atoms. The van der Waals surface area contributed by atoms with Crippen LogP contribution < -0.4 is 10.2 Å². The summed E-state index contributed by atoms with van der Waals surface area (Å²) in [5.74, 6) is 0. The molecule has 0 bridgehead atoms. The summed E-state index contributed by atoms with van der Waals surface area (Å²) in [5, 5.41) is 3.34. The number of nitrogens with one attached hydrogen (secondary N) is 1. The van der Waals surface area contributed by atoms with E-state index < -0.39 is 0 Å². The Labute approximate surface area is 122 Å². The molecule has 2 heteroatoms. The van der Waals surface area contributed by atoms with Crippen LogP contribution in [0, 0.1) is 6.92 Å². The second-order valence-corrected chi connectivity index (χ2v) is 5.29. The summed E-state index contributed by atoms with van der Waals surface area (Å²) in [6.07, 6.45) is 0. The molecule has 2 aromatic rings. The maximum Gasteiger partial charge on any atom is 0.0426 e. The highest BCUT2D eigenvalue weighted by molar-refractivity contribution is 5.47. The maximum absolute atomic E-state index is 3.34. The van der Waals surface area contributed by atoms with Crippen LogP contribution in [-0.2, 0) is 13.1 Å². The monoisotopic (exact) mass is 268 g/mol. The Balaban J connectivity index is 1.98. The zero-order valence-corrected chi connectivity index (χ0v) is 12.7. The van der Waals surface area contributed by atoms with Crippen molar-refractivity contribution < 1.29 is 0 Å². The summed E-state index contributed by atoms with van der Waals surface area (Å²) in [6, 6.07) is 17.5. The van der Waals surface area contributed by atoms with Crippen molar-refractivity contribution in [3.8, 4) is 0 Å². The zero-order valence-electron chi connectivity index (χ0n) is 12.7. The Hall–Kier alpha value is -1.80. The number of hydrogen-bond donors (Lipinski definition) is 1. The SMILES string of the molecule is CCNCc1ccc(N(C)Cc2ccc(C)cc2)cc1. The summed E-state index contributed by atoms with van der Waals surface area (Å²) in [5.41, 5.74) is 5.24. The molecular weight excluding hydrogens is 244 g/mol. The lowest BCUT2D eigenvalue weighted by atomic mass is 10.1. The molecule has 106 valence electrons. The van der Waals surface area contributed by atoms with Gasteiger partial charge in [-0.15, -0.1) is 0 Å². The van der Waals surface area contributed by atoms with Crippen LogP contribution in [0.1, 0.15) is 23.6 Å². The molecule has 0 heterocycles. The van der Waals surface area contributed by atoms with Crippen molar-refractivity contribution in [2.75, 3.05) is 18.5 Å². The zero-order chi connectivity index (χ0) is 14.4. The molecule has 0 unspecified atom stereocenters. The lowest BCUT2D eigenvalue weighted by molar-refractivity contribution is 0.726. The topological polar surface area (TPSA) is 15.3 Å². The van der Waals surface area contributed by atoms with E-state index in [2.05, 4.69) is 79.6 Å². The fourth-order valence-electron chi connectivity index (χ4n) is 2.20. The number of benzene rings is 2. The van der Waals surface area contributed by atoms with Gasteiger partial charge in [0, 0.05) is 25.8 Å². The molecule has 1 N–H and O–H groups in total. The normalized spacial score (nSPS) is 10.6. The molecule has 0 aliphatic heterocycles. The van der Waals surface area contributed by atoms with Crippen LogP contribution in [0.25, 0.3) is 0 Å². The first-order valence-corrected chi connectivity index (χ1v) is 7.25. The van der Waals surface area contributed by atoms with Crippen molar-refractivity contribution in [2.45, 2.75) is 26.9 Å². The van der Waals surface area contributed by atoms with Crippen LogP contribution in [0.5, 0.6) is 0 Å². The van der Waals surface area contributed by atoms with Crippen molar-refractivity contribution in [3.05, 3.63) is 65.2 Å². The van der Waals surface area contributed by atoms with Gasteiger partial charge in [0.05, 0.1) is 0 Å². The number of rotatable bonds is 6. The van der Waals surface area contributed by atoms with E-state index in [1.165, 1.54) is 22.4 Å². The average molecular weight is 268 g/mol. The first-order valence-electron chi connectivity index (χ1n) is 7.25. The quantitative estimate of drug-likeness (QED) is 0.858. The number of hydrogen-bond acceptors (Lipinski definition) is 2. The number of aryl methyl sites for hydroxylation is 1. The Morgan fingerprint density at radius 3 is 2.10 bits per heavy atom. The Morgan fingerprint density at radius 1 is 0.900 bits per heavy atom. The second-order valence-electron chi connectivity index (χ2n) is 5.29. The lowest BCUT2D eigenvalue weighted by Crippen LogP contribution is -2.16. The minimum absolute atomic E-state index is 0.937. The van der Waals surface area contributed by atoms with E-state index in [1.54, 1.807) is 0 Å². The summed E-state index contributed by atoms with van der Waals surface area (Å²) in [7, 11) is 2.14. The van der Waals surface area contributed by atoms with E-state index >= 15 is 0 Å². The molecule has 0 atom stereocenters. The molecule has 0 aromatic heterocycles. The van der Waals surface area contributed by atoms with Gasteiger partial charge in [-0.3, -0.25) is 0 Å². The minimum Gasteiger partial charge on any atom is -0.370 e. The van der Waals surface area contributed by atoms with Gasteiger partial charge in [-0.25, -0.2) is 0 Å². The van der Waals surface area contributed by atoms with Gasteiger partial charge in [0.15, 0.2) is 0 Å². The highest BCUT2D eigenvalue weighted by Gasteiger charge is 2.02. The van der Waals surface area contributed by atoms with Gasteiger partial charge in [0.25, 0.3) is 0 Å². The van der Waals surface area contributed by atoms with E-state index in [0.29, 0.717) is 0 Å². The van der Waals surface area contributed by atoms with Crippen LogP contribution in [0.3, 0.4) is 0 Å². The van der Waals surface area contributed by atoms with Gasteiger partial charge in [0.1, 0.15) is 0 Å². The predicted octanol–water partition coefficient (Wildman–Crippen LogP) is 3.74. The minimum atomic E-state index is 0.937. The highest BCUT2D eigenvalue weighted by atomic mass is 15.1. The van der Waals surface area contributed by atoms with Gasteiger partial charge >= 0.3 is 0 Å². The number of nitrogens with zero attached hydrogens (tertiary/aromatic N) is 1. The predicted molar refractivity (Wildman–Crippen MR) is 87.1 cm³/mol. The van der Waals surface area contributed by atoms with E-state index in [4.69, 9.17) is 0 Å². The van der Waals surface area contributed by atoms with Gasteiger partial charge in [-0.2, -0.15) is 0 Å². The second kappa shape index (κ2) is 7.11. The molecule has 20 heavy (non-hydrogen) atoms. The van der Waals surface area contributed by atoms with Crippen LogP contribution in [-0.4, -0.2) is 13.6 Å². The molecular formula is C18H24N2. The third-order valence-corrected chi connectivity index (χ3v) is 3.50. The summed E-state index contributed by atoms with van der Waals surface area (Å²) >= 11 is 0. The molecule has 2 rings (SSSR count). The molecule has 0 saturated carbocycles. The van der Waals surface area contributed by atoms with Crippen LogP contribution >= 0.6 is 0 Å². The Morgan fingerprint density at radius 2 is 1.50 bits per heavy atom. The molecule has 0 fully saturated rings. The smallest absolute Gasteiger partial charge is 0.0426 e. The largest absolute Gasteiger partial charge is 0.370 e. The Bertz CT molecular complexity index is 514. The number of anilines is 1. The summed E-state index contributed by atoms with van der Waals surface area (Å²) in [4.78, 5) is 2.28. The summed E-state index contributed by atoms with van der Waals surface area (Å²) in [6.45, 7) is 7.14. The first kappa shape index (κ1) is 14.6. The molecule has 0 amide bonds. The summed E-state index contributed by atoms with van der Waals surface area (Å²) < 4.78 is 0. The molecule has 0 radical (unpaired) electrons. The fraction of sp³-hybridized carbons (Fsp3) is 0.333. The van der Waals surface area contributed by atoms with E-state index in [9.17, 15) is 0 Å². The first-order chi connectivity index (χ1) is 9.69. The van der Waals surface area contributed by atoms with E-state index in [-0.39, 0.29) is 0 Å². The van der Waals surface area contributed by atoms with Gasteiger partial charge in [-0.1, -0.05) is 48.9 Å². The van der Waals surface area contributed by atoms with Crippen LogP contribution in [0.15, 0.2) is 48.5 Å². The molecule has 0 aliphatic carbocycles.